The van der Waals surface area contributed by atoms with Crippen LogP contribution in [-0.2, 0) is 0 Å². The van der Waals surface area contributed by atoms with Gasteiger partial charge in [-0.3, -0.25) is 0 Å². The van der Waals surface area contributed by atoms with Crippen molar-refractivity contribution in [2.45, 2.75) is 18.8 Å². The van der Waals surface area contributed by atoms with Crippen molar-refractivity contribution in [3.8, 4) is 0 Å². The van der Waals surface area contributed by atoms with Crippen LogP contribution in [0.3, 0.4) is 0 Å². The van der Waals surface area contributed by atoms with Crippen LogP contribution in [0.1, 0.15) is 35.1 Å². The van der Waals surface area contributed by atoms with E-state index in [1.807, 2.05) is 0 Å². The Morgan fingerprint density at radius 1 is 1.55 bits per heavy atom. The predicted molar refractivity (Wildman–Crippen MR) is 37.6 cm³/mol. The number of carboxylic acid groups (broad SMARTS) is 1. The molecule has 2 rings (SSSR count). The Kier molecular flexibility index (Phi) is 1.24. The fraction of sp³-hybridized carbons (Fsp3) is 0.375. The van der Waals surface area contributed by atoms with Crippen molar-refractivity contribution < 1.29 is 14.3 Å². The monoisotopic (exact) mass is 152 g/mol. The summed E-state index contributed by atoms with van der Waals surface area (Å²) < 4.78 is 5.07. The molecule has 0 saturated heterocycles. The lowest BCUT2D eigenvalue weighted by Gasteiger charge is -1.87. The molecule has 1 aliphatic rings. The standard InChI is InChI=1S/C8H8O3/c9-8(10)7-4-3-6(11-7)5-1-2-5/h3-5H,1-2H2,(H,9,10). The molecule has 0 unspecified atom stereocenters. The van der Waals surface area contributed by atoms with Crippen LogP contribution in [-0.4, -0.2) is 11.1 Å². The summed E-state index contributed by atoms with van der Waals surface area (Å²) in [7, 11) is 0. The number of carbonyl (C=O) groups is 1. The molecule has 1 aliphatic carbocycles. The lowest BCUT2D eigenvalue weighted by Crippen LogP contribution is -1.91. The van der Waals surface area contributed by atoms with E-state index in [0.717, 1.165) is 18.6 Å². The van der Waals surface area contributed by atoms with E-state index < -0.39 is 5.97 Å². The minimum atomic E-state index is -0.989. The number of aromatic carboxylic acids is 1. The number of furan rings is 1. The molecule has 0 amide bonds. The summed E-state index contributed by atoms with van der Waals surface area (Å²) in [5, 5.41) is 8.51. The van der Waals surface area contributed by atoms with Crippen molar-refractivity contribution in [2.75, 3.05) is 0 Å². The van der Waals surface area contributed by atoms with E-state index in [0.29, 0.717) is 5.92 Å². The molecule has 0 aromatic carbocycles. The first kappa shape index (κ1) is 6.46. The summed E-state index contributed by atoms with van der Waals surface area (Å²) in [6, 6.07) is 3.26. The van der Waals surface area contributed by atoms with Gasteiger partial charge in [-0.1, -0.05) is 0 Å². The summed E-state index contributed by atoms with van der Waals surface area (Å²) >= 11 is 0. The summed E-state index contributed by atoms with van der Waals surface area (Å²) in [6.07, 6.45) is 2.26. The van der Waals surface area contributed by atoms with Crippen LogP contribution in [0.5, 0.6) is 0 Å². The highest BCUT2D eigenvalue weighted by Crippen LogP contribution is 2.40. The Bertz CT molecular complexity index is 283. The third-order valence-electron chi connectivity index (χ3n) is 1.82. The van der Waals surface area contributed by atoms with Gasteiger partial charge in [0, 0.05) is 5.92 Å². The Hall–Kier alpha value is -1.25. The van der Waals surface area contributed by atoms with E-state index in [-0.39, 0.29) is 5.76 Å². The van der Waals surface area contributed by atoms with E-state index in [2.05, 4.69) is 0 Å². The van der Waals surface area contributed by atoms with Gasteiger partial charge in [0.25, 0.3) is 0 Å². The minimum absolute atomic E-state index is 0.0481. The van der Waals surface area contributed by atoms with Crippen LogP contribution in [0.2, 0.25) is 0 Å². The number of rotatable bonds is 2. The second-order valence-corrected chi connectivity index (χ2v) is 2.78. The average molecular weight is 152 g/mol. The second-order valence-electron chi connectivity index (χ2n) is 2.78. The number of hydrogen-bond donors (Lipinski definition) is 1. The topological polar surface area (TPSA) is 50.4 Å². The molecule has 0 aliphatic heterocycles. The lowest BCUT2D eigenvalue weighted by molar-refractivity contribution is 0.0660. The Balaban J connectivity index is 2.25. The fourth-order valence-electron chi connectivity index (χ4n) is 1.06. The van der Waals surface area contributed by atoms with Gasteiger partial charge in [0.2, 0.25) is 5.76 Å². The summed E-state index contributed by atoms with van der Waals surface area (Å²) in [4.78, 5) is 10.4. The van der Waals surface area contributed by atoms with Gasteiger partial charge in [-0.05, 0) is 25.0 Å². The molecule has 0 atom stereocenters. The highest BCUT2D eigenvalue weighted by molar-refractivity contribution is 5.84. The molecule has 0 spiro atoms. The van der Waals surface area contributed by atoms with Gasteiger partial charge in [-0.2, -0.15) is 0 Å². The minimum Gasteiger partial charge on any atom is -0.475 e. The second kappa shape index (κ2) is 2.12. The molecule has 58 valence electrons. The van der Waals surface area contributed by atoms with E-state index in [1.54, 1.807) is 6.07 Å². The molecule has 3 nitrogen and oxygen atoms in total. The van der Waals surface area contributed by atoms with Crippen molar-refractivity contribution in [3.05, 3.63) is 23.7 Å². The summed E-state index contributed by atoms with van der Waals surface area (Å²) in [5.41, 5.74) is 0. The SMILES string of the molecule is O=C(O)c1ccc(C2CC2)o1. The van der Waals surface area contributed by atoms with Crippen LogP contribution in [0.4, 0.5) is 0 Å². The van der Waals surface area contributed by atoms with E-state index in [4.69, 9.17) is 9.52 Å². The highest BCUT2D eigenvalue weighted by atomic mass is 16.4. The molecular weight excluding hydrogens is 144 g/mol. The first-order valence-electron chi connectivity index (χ1n) is 3.60. The Labute approximate surface area is 63.6 Å². The van der Waals surface area contributed by atoms with Gasteiger partial charge in [0.1, 0.15) is 5.76 Å². The predicted octanol–water partition coefficient (Wildman–Crippen LogP) is 1.86. The van der Waals surface area contributed by atoms with Crippen LogP contribution in [0, 0.1) is 0 Å². The maximum Gasteiger partial charge on any atom is 0.371 e. The molecule has 1 aromatic heterocycles. The summed E-state index contributed by atoms with van der Waals surface area (Å²) in [6.45, 7) is 0. The third kappa shape index (κ3) is 1.13. The average Bonchev–Trinajstić information content (AvgIpc) is 2.68. The van der Waals surface area contributed by atoms with Gasteiger partial charge in [0.05, 0.1) is 0 Å². The van der Waals surface area contributed by atoms with Gasteiger partial charge < -0.3 is 9.52 Å². The van der Waals surface area contributed by atoms with Gasteiger partial charge in [-0.25, -0.2) is 4.79 Å². The smallest absolute Gasteiger partial charge is 0.371 e. The highest BCUT2D eigenvalue weighted by Gasteiger charge is 2.27. The lowest BCUT2D eigenvalue weighted by atomic mass is 10.3. The quantitative estimate of drug-likeness (QED) is 0.703. The molecular formula is C8H8O3. The fourth-order valence-corrected chi connectivity index (χ4v) is 1.06. The van der Waals surface area contributed by atoms with Crippen LogP contribution < -0.4 is 0 Å². The molecule has 1 fully saturated rings. The molecule has 1 aromatic rings. The van der Waals surface area contributed by atoms with Crippen molar-refractivity contribution in [2.24, 2.45) is 0 Å². The van der Waals surface area contributed by atoms with Crippen LogP contribution in [0.15, 0.2) is 16.5 Å². The zero-order chi connectivity index (χ0) is 7.84. The third-order valence-corrected chi connectivity index (χ3v) is 1.82. The van der Waals surface area contributed by atoms with Crippen LogP contribution >= 0.6 is 0 Å². The van der Waals surface area contributed by atoms with Crippen molar-refractivity contribution in [1.82, 2.24) is 0 Å². The van der Waals surface area contributed by atoms with E-state index in [9.17, 15) is 4.79 Å². The van der Waals surface area contributed by atoms with Crippen LogP contribution in [0.25, 0.3) is 0 Å². The summed E-state index contributed by atoms with van der Waals surface area (Å²) in [5.74, 6) is 0.370. The van der Waals surface area contributed by atoms with E-state index >= 15 is 0 Å². The maximum absolute atomic E-state index is 10.4. The largest absolute Gasteiger partial charge is 0.475 e. The normalized spacial score (nSPS) is 16.7. The first-order valence-corrected chi connectivity index (χ1v) is 3.60. The zero-order valence-electron chi connectivity index (χ0n) is 5.91. The van der Waals surface area contributed by atoms with Gasteiger partial charge in [0.15, 0.2) is 0 Å². The van der Waals surface area contributed by atoms with Crippen molar-refractivity contribution in [3.63, 3.8) is 0 Å². The number of carboxylic acids is 1. The molecule has 11 heavy (non-hydrogen) atoms. The zero-order valence-corrected chi connectivity index (χ0v) is 5.91. The molecule has 1 N–H and O–H groups in total. The maximum atomic E-state index is 10.4. The number of hydrogen-bond acceptors (Lipinski definition) is 2. The molecule has 1 saturated carbocycles. The van der Waals surface area contributed by atoms with E-state index in [1.165, 1.54) is 6.07 Å². The van der Waals surface area contributed by atoms with Gasteiger partial charge >= 0.3 is 5.97 Å². The molecule has 3 heteroatoms. The van der Waals surface area contributed by atoms with Crippen molar-refractivity contribution >= 4 is 5.97 Å². The van der Waals surface area contributed by atoms with Gasteiger partial charge in [-0.15, -0.1) is 0 Å². The molecule has 1 heterocycles. The first-order chi connectivity index (χ1) is 5.27. The molecule has 0 bridgehead atoms. The van der Waals surface area contributed by atoms with Crippen molar-refractivity contribution in [1.29, 1.82) is 0 Å². The molecule has 0 radical (unpaired) electrons. The Morgan fingerprint density at radius 2 is 2.27 bits per heavy atom. The Morgan fingerprint density at radius 3 is 2.73 bits per heavy atom.